The zero-order valence-corrected chi connectivity index (χ0v) is 39.0. The van der Waals surface area contributed by atoms with E-state index in [0.717, 1.165) is 45.0 Å². The molecule has 0 spiro atoms. The number of imidazole rings is 1. The Morgan fingerprint density at radius 1 is 0.441 bits per heavy atom. The molecule has 0 bridgehead atoms. The Morgan fingerprint density at radius 2 is 1.04 bits per heavy atom. The molecule has 2 aromatic heterocycles. The van der Waals surface area contributed by atoms with E-state index < -0.39 is 85.6 Å². The van der Waals surface area contributed by atoms with Crippen LogP contribution >= 0.6 is 0 Å². The first kappa shape index (κ1) is 29.0. The van der Waals surface area contributed by atoms with Crippen LogP contribution in [0.3, 0.4) is 0 Å². The molecule has 4 nitrogen and oxygen atoms in total. The number of hydrogen-bond acceptors (Lipinski definition) is 3. The van der Waals surface area contributed by atoms with Crippen molar-refractivity contribution in [2.75, 3.05) is 0 Å². The molecule has 0 amide bonds. The molecule has 0 saturated heterocycles. The highest BCUT2D eigenvalue weighted by Gasteiger charge is 2.30. The summed E-state index contributed by atoms with van der Waals surface area (Å²) in [5.74, 6) is -1.77. The lowest BCUT2D eigenvalue weighted by Gasteiger charge is -2.27. The zero-order chi connectivity index (χ0) is 63.3. The van der Waals surface area contributed by atoms with Gasteiger partial charge in [0.05, 0.1) is 28.0 Å². The van der Waals surface area contributed by atoms with Gasteiger partial charge in [0.2, 0.25) is 0 Å². The van der Waals surface area contributed by atoms with E-state index in [2.05, 4.69) is 20.8 Å². The van der Waals surface area contributed by atoms with Gasteiger partial charge in [-0.1, -0.05) is 198 Å². The van der Waals surface area contributed by atoms with Crippen LogP contribution in [0.15, 0.2) is 170 Å². The van der Waals surface area contributed by atoms with Gasteiger partial charge in [0.1, 0.15) is 11.6 Å². The number of pyridine rings is 1. The molecule has 342 valence electrons. The molecule has 0 aliphatic rings. The van der Waals surface area contributed by atoms with Crippen LogP contribution in [-0.2, 0) is 21.7 Å². The van der Waals surface area contributed by atoms with Gasteiger partial charge in [0.15, 0.2) is 0 Å². The van der Waals surface area contributed by atoms with Crippen LogP contribution in [0.4, 0.5) is 0 Å². The highest BCUT2D eigenvalue weighted by atomic mass is 16.3. The van der Waals surface area contributed by atoms with Crippen molar-refractivity contribution in [2.45, 2.75) is 104 Å². The summed E-state index contributed by atoms with van der Waals surface area (Å²) in [7, 11) is 0. The summed E-state index contributed by atoms with van der Waals surface area (Å²) in [5, 5.41) is 13.2. The van der Waals surface area contributed by atoms with Crippen LogP contribution in [0.25, 0.3) is 83.9 Å². The molecule has 0 fully saturated rings. The molecule has 2 heterocycles. The molecule has 4 heteroatoms. The van der Waals surface area contributed by atoms with Gasteiger partial charge >= 0.3 is 0 Å². The highest BCUT2D eigenvalue weighted by molar-refractivity contribution is 5.98. The van der Waals surface area contributed by atoms with E-state index in [-0.39, 0.29) is 16.4 Å². The Hall–Kier alpha value is -7.04. The van der Waals surface area contributed by atoms with E-state index in [4.69, 9.17) is 34.6 Å². The number of benzene rings is 7. The van der Waals surface area contributed by atoms with Gasteiger partial charge in [-0.2, -0.15) is 0 Å². The van der Waals surface area contributed by atoms with E-state index in [0.29, 0.717) is 39.7 Å². The van der Waals surface area contributed by atoms with Crippen LogP contribution in [0.1, 0.15) is 130 Å². The van der Waals surface area contributed by atoms with Crippen molar-refractivity contribution in [3.8, 4) is 78.6 Å². The lowest BCUT2D eigenvalue weighted by atomic mass is 9.79. The number of fused-ring (bicyclic) bond motifs is 1. The molecule has 9 aromatic rings. The summed E-state index contributed by atoms with van der Waals surface area (Å²) in [5.41, 5.74) is -2.50. The second-order valence-corrected chi connectivity index (χ2v) is 19.6. The van der Waals surface area contributed by atoms with Gasteiger partial charge < -0.3 is 5.11 Å². The van der Waals surface area contributed by atoms with Crippen molar-refractivity contribution in [2.24, 2.45) is 0 Å². The largest absolute Gasteiger partial charge is 0.507 e. The molecule has 9 rings (SSSR count). The van der Waals surface area contributed by atoms with Crippen LogP contribution < -0.4 is 0 Å². The second-order valence-electron chi connectivity index (χ2n) is 19.6. The molecule has 0 atom stereocenters. The van der Waals surface area contributed by atoms with Crippen LogP contribution in [0, 0.1) is 0 Å². The highest BCUT2D eigenvalue weighted by Crippen LogP contribution is 2.46. The van der Waals surface area contributed by atoms with Crippen molar-refractivity contribution >= 4 is 11.0 Å². The number of rotatable bonds is 7. The van der Waals surface area contributed by atoms with Crippen molar-refractivity contribution in [3.63, 3.8) is 0 Å². The summed E-state index contributed by atoms with van der Waals surface area (Å²) in [6.07, 6.45) is 1.72. The first-order chi connectivity index (χ1) is 39.6. The number of nitrogens with zero attached hydrogens (tertiary/aromatic N) is 3. The van der Waals surface area contributed by atoms with Crippen molar-refractivity contribution in [1.82, 2.24) is 14.5 Å². The third-order valence-corrected chi connectivity index (χ3v) is 12.6. The fraction of sp³-hybridized carbons (Fsp3) is 0.250. The normalized spacial score (nSPS) is 17.5. The quantitative estimate of drug-likeness (QED) is 0.173. The number of para-hydroxylation sites is 1. The van der Waals surface area contributed by atoms with Crippen LogP contribution in [0.5, 0.6) is 5.75 Å². The zero-order valence-electron chi connectivity index (χ0n) is 57.0. The molecule has 0 aliphatic heterocycles. The molecular formula is C64H65N3O. The Balaban J connectivity index is 1.50. The fourth-order valence-corrected chi connectivity index (χ4v) is 8.75. The monoisotopic (exact) mass is 910 g/mol. The minimum absolute atomic E-state index is 0.162. The van der Waals surface area contributed by atoms with Gasteiger partial charge in [0, 0.05) is 53.1 Å². The summed E-state index contributed by atoms with van der Waals surface area (Å²) in [6, 6.07) is 48.6. The Morgan fingerprint density at radius 3 is 1.71 bits per heavy atom. The molecular weight excluding hydrogens is 827 g/mol. The lowest BCUT2D eigenvalue weighted by molar-refractivity contribution is 0.446. The maximum absolute atomic E-state index is 13.2. The minimum Gasteiger partial charge on any atom is -0.507 e. The first-order valence-corrected chi connectivity index (χ1v) is 22.5. The Kier molecular flexibility index (Phi) is 7.35. The van der Waals surface area contributed by atoms with Crippen LogP contribution in [0.2, 0.25) is 0 Å². The smallest absolute Gasteiger partial charge is 0.149 e. The number of hydrogen-bond donors (Lipinski definition) is 1. The van der Waals surface area contributed by atoms with Gasteiger partial charge in [-0.3, -0.25) is 9.55 Å². The average Bonchev–Trinajstić information content (AvgIpc) is 0.781. The maximum atomic E-state index is 13.2. The maximum Gasteiger partial charge on any atom is 0.149 e. The number of aromatic nitrogens is 3. The molecule has 0 aliphatic carbocycles. The molecule has 68 heavy (non-hydrogen) atoms. The topological polar surface area (TPSA) is 50.9 Å². The summed E-state index contributed by atoms with van der Waals surface area (Å²) >= 11 is 0. The average molecular weight is 910 g/mol. The Labute approximate surface area is 429 Å². The predicted octanol–water partition coefficient (Wildman–Crippen LogP) is 17.3. The number of phenolic OH excluding ortho intramolecular Hbond substituents is 1. The summed E-state index contributed by atoms with van der Waals surface area (Å²) in [4.78, 5) is 10.1. The molecule has 0 radical (unpaired) electrons. The number of aromatic hydroxyl groups is 1. The van der Waals surface area contributed by atoms with Gasteiger partial charge in [0.25, 0.3) is 0 Å². The van der Waals surface area contributed by atoms with Crippen molar-refractivity contribution < 1.29 is 29.8 Å². The third-order valence-electron chi connectivity index (χ3n) is 12.6. The molecule has 0 saturated carbocycles. The summed E-state index contributed by atoms with van der Waals surface area (Å²) < 4.78 is 161. The Bertz CT molecular complexity index is 3920. The second kappa shape index (κ2) is 17.2. The summed E-state index contributed by atoms with van der Waals surface area (Å²) in [6.45, 7) is -12.1. The van der Waals surface area contributed by atoms with Gasteiger partial charge in [-0.25, -0.2) is 4.98 Å². The molecule has 0 unspecified atom stereocenters. The fourth-order valence-electron chi connectivity index (χ4n) is 8.75. The predicted molar refractivity (Wildman–Crippen MR) is 288 cm³/mol. The minimum atomic E-state index is -4.15. The van der Waals surface area contributed by atoms with Crippen molar-refractivity contribution in [1.29, 1.82) is 0 Å². The van der Waals surface area contributed by atoms with Gasteiger partial charge in [-0.15, -0.1) is 0 Å². The van der Waals surface area contributed by atoms with E-state index in [9.17, 15) is 5.11 Å². The van der Waals surface area contributed by atoms with E-state index in [1.165, 1.54) is 0 Å². The number of phenols is 1. The first-order valence-electron chi connectivity index (χ1n) is 31.5. The lowest BCUT2D eigenvalue weighted by Crippen LogP contribution is -2.17. The van der Waals surface area contributed by atoms with Gasteiger partial charge in [-0.05, 0) is 120 Å². The van der Waals surface area contributed by atoms with E-state index >= 15 is 0 Å². The van der Waals surface area contributed by atoms with Crippen LogP contribution in [-0.4, -0.2) is 19.6 Å². The standard InChI is InChI=1S/C64H65N3O/c1-61(2,3)48-29-26-42(27-30-48)44-28-31-56(52(37-44)43-22-17-14-18-23-43)67-57-25-19-24-51(58(57)66-60(67)53-39-50(63(7,8)9)40-54(59(53)68)64(10,11)12)46-34-47(36-49(35-46)62(4,5)6)55-38-45(32-33-65-55)41-20-15-13-16-21-41/h13-40,68H,1-12H3/i7D3,8D3,9D3,10D3,11D3,12D3. The SMILES string of the molecule is [2H]C([2H])([2H])C(c1cc(-c2nc3c(-c4cc(-c5cc(-c6ccccc6)ccn5)cc(C(C)(C)C)c4)cccc3n2-c2ccc(-c3ccc(C(C)(C)C)cc3)cc2-c2ccccc2)c(O)c(C(C([2H])([2H])[2H])(C([2H])([2H])[2H])C([2H])([2H])[2H])c1)(C([2H])([2H])[2H])C([2H])([2H])[2H]. The molecule has 1 N–H and O–H groups in total. The third kappa shape index (κ3) is 9.05. The molecule has 7 aromatic carbocycles. The van der Waals surface area contributed by atoms with Crippen molar-refractivity contribution in [3.05, 3.63) is 192 Å². The van der Waals surface area contributed by atoms with E-state index in [1.54, 1.807) is 35.0 Å². The van der Waals surface area contributed by atoms with E-state index in [1.807, 2.05) is 148 Å².